The minimum atomic E-state index is 0.456. The number of likely N-dealkylation sites (tertiary alicyclic amines) is 1. The van der Waals surface area contributed by atoms with Gasteiger partial charge in [0.05, 0.1) is 0 Å². The highest BCUT2D eigenvalue weighted by Crippen LogP contribution is 2.40. The molecule has 1 saturated carbocycles. The van der Waals surface area contributed by atoms with E-state index in [1.165, 1.54) is 38.8 Å². The molecule has 1 aliphatic heterocycles. The number of nitrogens with zero attached hydrogens (tertiary/aromatic N) is 2. The van der Waals surface area contributed by atoms with Crippen LogP contribution in [0.4, 0.5) is 0 Å². The van der Waals surface area contributed by atoms with E-state index in [4.69, 9.17) is 0 Å². The summed E-state index contributed by atoms with van der Waals surface area (Å²) in [6, 6.07) is 2.18. The van der Waals surface area contributed by atoms with E-state index in [0.717, 1.165) is 18.0 Å². The zero-order valence-electron chi connectivity index (χ0n) is 14.4. The first-order chi connectivity index (χ1) is 9.32. The Balaban J connectivity index is 2.03. The van der Waals surface area contributed by atoms with Gasteiger partial charge >= 0.3 is 0 Å². The molecule has 1 N–H and O–H groups in total. The van der Waals surface area contributed by atoms with Crippen molar-refractivity contribution in [1.29, 1.82) is 0 Å². The van der Waals surface area contributed by atoms with Crippen molar-refractivity contribution in [3.63, 3.8) is 0 Å². The Bertz CT molecular complexity index is 308. The minimum Gasteiger partial charge on any atom is -0.315 e. The Kier molecular flexibility index (Phi) is 5.14. The molecule has 0 aromatic heterocycles. The maximum atomic E-state index is 3.59. The summed E-state index contributed by atoms with van der Waals surface area (Å²) in [6.45, 7) is 9.79. The molecule has 2 fully saturated rings. The second kappa shape index (κ2) is 6.33. The van der Waals surface area contributed by atoms with Crippen LogP contribution in [0.5, 0.6) is 0 Å². The molecule has 20 heavy (non-hydrogen) atoms. The molecule has 2 aliphatic rings. The van der Waals surface area contributed by atoms with Crippen LogP contribution >= 0.6 is 0 Å². The highest BCUT2D eigenvalue weighted by Gasteiger charge is 2.40. The molecule has 0 spiro atoms. The van der Waals surface area contributed by atoms with E-state index in [1.54, 1.807) is 0 Å². The molecule has 1 saturated heterocycles. The fourth-order valence-corrected chi connectivity index (χ4v) is 4.16. The number of hydrogen-bond donors (Lipinski definition) is 1. The largest absolute Gasteiger partial charge is 0.315 e. The lowest BCUT2D eigenvalue weighted by Gasteiger charge is -2.45. The van der Waals surface area contributed by atoms with Gasteiger partial charge < -0.3 is 10.2 Å². The Morgan fingerprint density at radius 3 is 2.30 bits per heavy atom. The van der Waals surface area contributed by atoms with Crippen LogP contribution in [0.15, 0.2) is 0 Å². The summed E-state index contributed by atoms with van der Waals surface area (Å²) in [4.78, 5) is 5.17. The van der Waals surface area contributed by atoms with Gasteiger partial charge in [0.15, 0.2) is 0 Å². The fourth-order valence-electron chi connectivity index (χ4n) is 4.16. The van der Waals surface area contributed by atoms with Gasteiger partial charge in [0.25, 0.3) is 0 Å². The van der Waals surface area contributed by atoms with Gasteiger partial charge in [-0.05, 0) is 58.2 Å². The van der Waals surface area contributed by atoms with E-state index >= 15 is 0 Å². The Labute approximate surface area is 126 Å². The van der Waals surface area contributed by atoms with E-state index in [-0.39, 0.29) is 0 Å². The molecular weight excluding hydrogens is 246 g/mol. The predicted octanol–water partition coefficient (Wildman–Crippen LogP) is 2.43. The number of hydrogen-bond acceptors (Lipinski definition) is 3. The summed E-state index contributed by atoms with van der Waals surface area (Å²) in [5.74, 6) is 0.871. The van der Waals surface area contributed by atoms with Gasteiger partial charge in [-0.1, -0.05) is 20.8 Å². The molecule has 0 bridgehead atoms. The topological polar surface area (TPSA) is 18.5 Å². The number of nitrogens with one attached hydrogen (secondary N) is 1. The average Bonchev–Trinajstić information content (AvgIpc) is 2.86. The summed E-state index contributed by atoms with van der Waals surface area (Å²) < 4.78 is 0. The molecule has 0 aromatic rings. The molecule has 0 amide bonds. The normalized spacial score (nSPS) is 36.8. The van der Waals surface area contributed by atoms with Crippen molar-refractivity contribution < 1.29 is 0 Å². The van der Waals surface area contributed by atoms with Crippen LogP contribution in [0.1, 0.15) is 46.5 Å². The van der Waals surface area contributed by atoms with Crippen molar-refractivity contribution in [2.45, 2.75) is 64.6 Å². The zero-order valence-corrected chi connectivity index (χ0v) is 14.4. The summed E-state index contributed by atoms with van der Waals surface area (Å²) in [5.41, 5.74) is 0.456. The summed E-state index contributed by atoms with van der Waals surface area (Å²) >= 11 is 0. The standard InChI is InChI=1S/C17H35N3/c1-17(2,3)13-7-8-15(18-4)16(11-13)20-10-9-14(12-20)19(5)6/h13-16,18H,7-12H2,1-6H3. The van der Waals surface area contributed by atoms with Gasteiger partial charge in [0.1, 0.15) is 0 Å². The highest BCUT2D eigenvalue weighted by molar-refractivity contribution is 4.96. The minimum absolute atomic E-state index is 0.456. The molecule has 1 heterocycles. The van der Waals surface area contributed by atoms with Crippen LogP contribution < -0.4 is 5.32 Å². The van der Waals surface area contributed by atoms with Crippen molar-refractivity contribution in [1.82, 2.24) is 15.1 Å². The first-order valence-corrected chi connectivity index (χ1v) is 8.40. The quantitative estimate of drug-likeness (QED) is 0.857. The molecule has 3 nitrogen and oxygen atoms in total. The fraction of sp³-hybridized carbons (Fsp3) is 1.00. The van der Waals surface area contributed by atoms with Crippen molar-refractivity contribution in [3.8, 4) is 0 Å². The third kappa shape index (κ3) is 3.55. The maximum absolute atomic E-state index is 3.59. The van der Waals surface area contributed by atoms with Crippen LogP contribution in [0.3, 0.4) is 0 Å². The first-order valence-electron chi connectivity index (χ1n) is 8.40. The Hall–Kier alpha value is -0.120. The number of rotatable bonds is 3. The average molecular weight is 281 g/mol. The van der Waals surface area contributed by atoms with Crippen LogP contribution in [-0.2, 0) is 0 Å². The van der Waals surface area contributed by atoms with Crippen LogP contribution in [-0.4, -0.2) is 62.2 Å². The third-order valence-corrected chi connectivity index (χ3v) is 5.81. The summed E-state index contributed by atoms with van der Waals surface area (Å²) in [6.07, 6.45) is 5.43. The first kappa shape index (κ1) is 16.3. The molecular formula is C17H35N3. The van der Waals surface area contributed by atoms with E-state index < -0.39 is 0 Å². The van der Waals surface area contributed by atoms with Gasteiger partial charge in [0, 0.05) is 31.2 Å². The van der Waals surface area contributed by atoms with E-state index in [1.807, 2.05) is 0 Å². The van der Waals surface area contributed by atoms with Crippen molar-refractivity contribution >= 4 is 0 Å². The van der Waals surface area contributed by atoms with Crippen molar-refractivity contribution in [3.05, 3.63) is 0 Å². The molecule has 0 radical (unpaired) electrons. The molecule has 4 unspecified atom stereocenters. The van der Waals surface area contributed by atoms with Gasteiger partial charge in [-0.15, -0.1) is 0 Å². The molecule has 1 aliphatic carbocycles. The maximum Gasteiger partial charge on any atom is 0.0252 e. The third-order valence-electron chi connectivity index (χ3n) is 5.81. The monoisotopic (exact) mass is 281 g/mol. The predicted molar refractivity (Wildman–Crippen MR) is 87.1 cm³/mol. The smallest absolute Gasteiger partial charge is 0.0252 e. The highest BCUT2D eigenvalue weighted by atomic mass is 15.3. The van der Waals surface area contributed by atoms with E-state index in [2.05, 4.69) is 57.0 Å². The molecule has 3 heteroatoms. The second-order valence-corrected chi connectivity index (χ2v) is 8.24. The number of likely N-dealkylation sites (N-methyl/N-ethyl adjacent to an activating group) is 2. The molecule has 2 rings (SSSR count). The lowest BCUT2D eigenvalue weighted by atomic mass is 9.69. The lowest BCUT2D eigenvalue weighted by Crippen LogP contribution is -2.53. The Morgan fingerprint density at radius 2 is 1.80 bits per heavy atom. The van der Waals surface area contributed by atoms with Crippen LogP contribution in [0.2, 0.25) is 0 Å². The SMILES string of the molecule is CNC1CCC(C(C)(C)C)CC1N1CCC(N(C)C)C1. The lowest BCUT2D eigenvalue weighted by molar-refractivity contribution is 0.0702. The van der Waals surface area contributed by atoms with Gasteiger partial charge in [-0.3, -0.25) is 4.90 Å². The van der Waals surface area contributed by atoms with Crippen molar-refractivity contribution in [2.24, 2.45) is 11.3 Å². The van der Waals surface area contributed by atoms with Crippen LogP contribution in [0, 0.1) is 11.3 Å². The second-order valence-electron chi connectivity index (χ2n) is 8.24. The van der Waals surface area contributed by atoms with Gasteiger partial charge in [0.2, 0.25) is 0 Å². The Morgan fingerprint density at radius 1 is 1.10 bits per heavy atom. The summed E-state index contributed by atoms with van der Waals surface area (Å²) in [5, 5.41) is 3.59. The molecule has 118 valence electrons. The molecule has 4 atom stereocenters. The van der Waals surface area contributed by atoms with Crippen LogP contribution in [0.25, 0.3) is 0 Å². The van der Waals surface area contributed by atoms with E-state index in [0.29, 0.717) is 11.5 Å². The van der Waals surface area contributed by atoms with Crippen molar-refractivity contribution in [2.75, 3.05) is 34.2 Å². The summed E-state index contributed by atoms with van der Waals surface area (Å²) in [7, 11) is 6.60. The van der Waals surface area contributed by atoms with Gasteiger partial charge in [-0.2, -0.15) is 0 Å². The zero-order chi connectivity index (χ0) is 14.9. The van der Waals surface area contributed by atoms with E-state index in [9.17, 15) is 0 Å². The molecule has 0 aromatic carbocycles. The van der Waals surface area contributed by atoms with Gasteiger partial charge in [-0.25, -0.2) is 0 Å².